The van der Waals surface area contributed by atoms with Gasteiger partial charge in [0.15, 0.2) is 0 Å². The summed E-state index contributed by atoms with van der Waals surface area (Å²) in [5.74, 6) is 0.118. The Bertz CT molecular complexity index is 3150. The van der Waals surface area contributed by atoms with Crippen LogP contribution < -0.4 is 4.90 Å². The molecule has 0 heterocycles. The summed E-state index contributed by atoms with van der Waals surface area (Å²) >= 11 is 0. The zero-order valence-electron chi connectivity index (χ0n) is 37.2. The molecule has 0 N–H and O–H groups in total. The highest BCUT2D eigenvalue weighted by Crippen LogP contribution is 2.61. The van der Waals surface area contributed by atoms with E-state index in [-0.39, 0.29) is 10.6 Å². The van der Waals surface area contributed by atoms with Gasteiger partial charge in [-0.3, -0.25) is 0 Å². The van der Waals surface area contributed by atoms with Gasteiger partial charge in [-0.2, -0.15) is 0 Å². The summed E-state index contributed by atoms with van der Waals surface area (Å²) < 4.78 is -0.0403. The normalized spacial score (nSPS) is 13.9. The molecule has 0 radical (unpaired) electrons. The third-order valence-corrected chi connectivity index (χ3v) is 24.2. The van der Waals surface area contributed by atoms with E-state index >= 15 is 0 Å². The van der Waals surface area contributed by atoms with Crippen LogP contribution in [-0.2, 0) is 4.66 Å². The molecule has 0 fully saturated rings. The molecule has 1 aliphatic carbocycles. The van der Waals surface area contributed by atoms with E-state index in [1.165, 1.54) is 76.6 Å². The number of nitrogens with zero attached hydrogens (tertiary/aromatic N) is 1. The number of benzene rings is 10. The van der Waals surface area contributed by atoms with Crippen molar-refractivity contribution >= 4 is 76.3 Å². The van der Waals surface area contributed by atoms with Crippen LogP contribution in [0.2, 0.25) is 39.3 Å². The summed E-state index contributed by atoms with van der Waals surface area (Å²) in [5, 5.41) is 10.5. The predicted octanol–water partition coefficient (Wildman–Crippen LogP) is 17.0. The molecule has 0 bridgehead atoms. The quantitative estimate of drug-likeness (QED) is 0.109. The van der Waals surface area contributed by atoms with E-state index in [4.69, 9.17) is 0 Å². The SMILES string of the molecule is C[Si](C)(C)C1([Si](C)(C)C)c2c(ccc3cc(C(c4ccccc4)c4ccc5ccccc5c4)ccc23)-c2ccc3cc(N(c4ccccc4)c4ccc5ccccc5c4)ccc3c21. The molecular weight excluding hydrogens is 791 g/mol. The first kappa shape index (κ1) is 39.3. The molecule has 1 atom stereocenters. The Hall–Kier alpha value is -6.53. The van der Waals surface area contributed by atoms with E-state index < -0.39 is 16.1 Å². The van der Waals surface area contributed by atoms with E-state index in [0.717, 1.165) is 11.4 Å². The van der Waals surface area contributed by atoms with Crippen LogP contribution in [0.15, 0.2) is 206 Å². The molecule has 1 aliphatic rings. The smallest absolute Gasteiger partial charge is 0.0579 e. The van der Waals surface area contributed by atoms with Crippen molar-refractivity contribution in [3.63, 3.8) is 0 Å². The van der Waals surface area contributed by atoms with Crippen LogP contribution in [0, 0.1) is 0 Å². The van der Waals surface area contributed by atoms with Crippen LogP contribution in [0.25, 0.3) is 54.2 Å². The van der Waals surface area contributed by atoms with Gasteiger partial charge in [-0.05, 0) is 118 Å². The van der Waals surface area contributed by atoms with E-state index in [2.05, 4.69) is 250 Å². The van der Waals surface area contributed by atoms with Gasteiger partial charge in [-0.15, -0.1) is 0 Å². The molecular formula is C60H53NSi2. The van der Waals surface area contributed by atoms with Crippen molar-refractivity contribution in [2.45, 2.75) is 49.9 Å². The maximum atomic E-state index is 2.65. The molecule has 63 heavy (non-hydrogen) atoms. The Morgan fingerprint density at radius 2 is 0.746 bits per heavy atom. The van der Waals surface area contributed by atoms with Crippen LogP contribution >= 0.6 is 0 Å². The van der Waals surface area contributed by atoms with Gasteiger partial charge < -0.3 is 4.90 Å². The second-order valence-electron chi connectivity index (χ2n) is 19.8. The minimum absolute atomic E-state index is 0.0403. The van der Waals surface area contributed by atoms with Crippen molar-refractivity contribution in [3.05, 3.63) is 234 Å². The number of hydrogen-bond acceptors (Lipinski definition) is 1. The van der Waals surface area contributed by atoms with Crippen LogP contribution in [0.4, 0.5) is 17.1 Å². The molecule has 11 rings (SSSR count). The Morgan fingerprint density at radius 1 is 0.333 bits per heavy atom. The molecule has 0 aliphatic heterocycles. The third kappa shape index (κ3) is 6.24. The van der Waals surface area contributed by atoms with Crippen LogP contribution in [0.1, 0.15) is 33.7 Å². The van der Waals surface area contributed by atoms with E-state index in [1.54, 1.807) is 11.1 Å². The summed E-state index contributed by atoms with van der Waals surface area (Å²) in [7, 11) is -4.06. The summed E-state index contributed by atoms with van der Waals surface area (Å²) in [6, 6.07) is 77.7. The second kappa shape index (κ2) is 14.8. The molecule has 0 spiro atoms. The molecule has 0 aromatic heterocycles. The minimum Gasteiger partial charge on any atom is -0.310 e. The maximum absolute atomic E-state index is 2.65. The zero-order valence-corrected chi connectivity index (χ0v) is 39.2. The number of rotatable bonds is 8. The lowest BCUT2D eigenvalue weighted by atomic mass is 9.83. The second-order valence-corrected chi connectivity index (χ2v) is 30.8. The van der Waals surface area contributed by atoms with Crippen LogP contribution in [0.5, 0.6) is 0 Å². The highest BCUT2D eigenvalue weighted by atomic mass is 28.4. The molecule has 306 valence electrons. The Kier molecular flexibility index (Phi) is 9.24. The van der Waals surface area contributed by atoms with Crippen LogP contribution in [0.3, 0.4) is 0 Å². The number of fused-ring (bicyclic) bond motifs is 9. The standard InChI is InChI=1S/C60H53NSi2/c1-62(2,3)60(63(4,5)6)58-53-33-30-49(57(43-19-9-7-10-20-43)48-26-25-41-17-13-15-21-44(41)37-48)38-46(53)28-34-55(58)56-35-29-47-40-52(32-36-54(47)59(56)60)61(50-23-11-8-12-24-50)51-31-27-42-18-14-16-22-45(42)39-51/h7-40,57H,1-6H3. The average Bonchev–Trinajstić information content (AvgIpc) is 3.63. The highest BCUT2D eigenvalue weighted by Gasteiger charge is 2.60. The lowest BCUT2D eigenvalue weighted by Crippen LogP contribution is -2.63. The molecule has 3 heteroatoms. The topological polar surface area (TPSA) is 3.24 Å². The molecule has 0 saturated carbocycles. The Balaban J connectivity index is 1.10. The van der Waals surface area contributed by atoms with Gasteiger partial charge >= 0.3 is 0 Å². The summed E-state index contributed by atoms with van der Waals surface area (Å²) in [4.78, 5) is 2.42. The lowest BCUT2D eigenvalue weighted by molar-refractivity contribution is 0.969. The number of hydrogen-bond donors (Lipinski definition) is 0. The Labute approximate surface area is 374 Å². The molecule has 1 nitrogen and oxygen atoms in total. The zero-order chi connectivity index (χ0) is 43.1. The first-order chi connectivity index (χ1) is 30.5. The predicted molar refractivity (Wildman–Crippen MR) is 278 cm³/mol. The van der Waals surface area contributed by atoms with Crippen molar-refractivity contribution in [1.29, 1.82) is 0 Å². The van der Waals surface area contributed by atoms with Gasteiger partial charge in [-0.1, -0.05) is 209 Å². The summed E-state index contributed by atoms with van der Waals surface area (Å²) in [6.07, 6.45) is 0. The molecule has 10 aromatic carbocycles. The van der Waals surface area contributed by atoms with E-state index in [1.807, 2.05) is 0 Å². The van der Waals surface area contributed by atoms with Crippen molar-refractivity contribution in [2.75, 3.05) is 4.90 Å². The van der Waals surface area contributed by atoms with Crippen molar-refractivity contribution in [2.24, 2.45) is 0 Å². The summed E-state index contributed by atoms with van der Waals surface area (Å²) in [6.45, 7) is 15.9. The van der Waals surface area contributed by atoms with Crippen molar-refractivity contribution < 1.29 is 0 Å². The maximum Gasteiger partial charge on any atom is 0.0579 e. The van der Waals surface area contributed by atoms with Crippen LogP contribution in [-0.4, -0.2) is 16.1 Å². The van der Waals surface area contributed by atoms with Crippen molar-refractivity contribution in [1.82, 2.24) is 0 Å². The van der Waals surface area contributed by atoms with E-state index in [9.17, 15) is 0 Å². The van der Waals surface area contributed by atoms with Gasteiger partial charge in [0.05, 0.1) is 16.1 Å². The minimum atomic E-state index is -2.03. The van der Waals surface area contributed by atoms with E-state index in [0.29, 0.717) is 0 Å². The first-order valence-corrected chi connectivity index (χ1v) is 29.5. The fourth-order valence-corrected chi connectivity index (χ4v) is 25.0. The van der Waals surface area contributed by atoms with Gasteiger partial charge in [0.1, 0.15) is 0 Å². The summed E-state index contributed by atoms with van der Waals surface area (Å²) in [5.41, 5.74) is 13.5. The fourth-order valence-electron chi connectivity index (χ4n) is 11.9. The van der Waals surface area contributed by atoms with Gasteiger partial charge in [0, 0.05) is 27.6 Å². The lowest BCUT2D eigenvalue weighted by Gasteiger charge is -2.52. The molecule has 10 aromatic rings. The number of anilines is 3. The third-order valence-electron chi connectivity index (χ3n) is 14.2. The first-order valence-electron chi connectivity index (χ1n) is 22.5. The largest absolute Gasteiger partial charge is 0.310 e. The van der Waals surface area contributed by atoms with Gasteiger partial charge in [-0.25, -0.2) is 0 Å². The van der Waals surface area contributed by atoms with Gasteiger partial charge in [0.25, 0.3) is 0 Å². The van der Waals surface area contributed by atoms with Gasteiger partial charge in [0.2, 0.25) is 0 Å². The fraction of sp³-hybridized carbons (Fsp3) is 0.133. The van der Waals surface area contributed by atoms with Crippen molar-refractivity contribution in [3.8, 4) is 11.1 Å². The number of para-hydroxylation sites is 1. The Morgan fingerprint density at radius 3 is 1.33 bits per heavy atom. The highest BCUT2D eigenvalue weighted by molar-refractivity contribution is 7.00. The monoisotopic (exact) mass is 843 g/mol. The molecule has 0 saturated heterocycles. The average molecular weight is 844 g/mol. The molecule has 1 unspecified atom stereocenters. The molecule has 0 amide bonds.